The number of nitrogens with one attached hydrogen (secondary N) is 2. The minimum Gasteiger partial charge on any atom is -0.481 e. The maximum Gasteiger partial charge on any atom is 0.408 e. The second-order valence-corrected chi connectivity index (χ2v) is 11.6. The molecule has 1 aromatic heterocycles. The summed E-state index contributed by atoms with van der Waals surface area (Å²) < 4.78 is 46.6. The zero-order valence-corrected chi connectivity index (χ0v) is 24.0. The number of fused-ring (bicyclic) bond motifs is 1. The summed E-state index contributed by atoms with van der Waals surface area (Å²) in [6.07, 6.45) is -0.305. The van der Waals surface area contributed by atoms with E-state index in [4.69, 9.17) is 14.2 Å². The molecule has 2 N–H and O–H groups in total. The largest absolute Gasteiger partial charge is 0.481 e. The van der Waals surface area contributed by atoms with Gasteiger partial charge in [-0.15, -0.1) is 0 Å². The SMILES string of the molecule is C[C@H](NC(=O)OC(C)(C)C)C(=O)Nc1sc2c(c1C(=O)c1c(F)cccc1F)CCC(OCc1ccccc1)CO2. The van der Waals surface area contributed by atoms with Crippen LogP contribution in [0.15, 0.2) is 48.5 Å². The van der Waals surface area contributed by atoms with Crippen molar-refractivity contribution >= 4 is 34.1 Å². The number of ketones is 1. The average Bonchev–Trinajstić information content (AvgIpc) is 3.11. The first-order valence-electron chi connectivity index (χ1n) is 13.2. The normalized spacial score (nSPS) is 15.6. The van der Waals surface area contributed by atoms with Gasteiger partial charge in [-0.25, -0.2) is 13.6 Å². The van der Waals surface area contributed by atoms with Crippen LogP contribution < -0.4 is 15.4 Å². The first-order chi connectivity index (χ1) is 19.4. The first kappa shape index (κ1) is 30.1. The lowest BCUT2D eigenvalue weighted by Crippen LogP contribution is -2.44. The average molecular weight is 587 g/mol. The van der Waals surface area contributed by atoms with E-state index in [9.17, 15) is 23.2 Å². The van der Waals surface area contributed by atoms with Gasteiger partial charge >= 0.3 is 6.09 Å². The van der Waals surface area contributed by atoms with Gasteiger partial charge in [-0.05, 0) is 58.2 Å². The highest BCUT2D eigenvalue weighted by Crippen LogP contribution is 2.43. The molecule has 11 heteroatoms. The Morgan fingerprint density at radius 3 is 2.39 bits per heavy atom. The Morgan fingerprint density at radius 1 is 1.05 bits per heavy atom. The minimum atomic E-state index is -1.04. The van der Waals surface area contributed by atoms with Gasteiger partial charge in [-0.3, -0.25) is 9.59 Å². The number of thiophene rings is 1. The molecule has 0 bridgehead atoms. The molecule has 0 saturated carbocycles. The summed E-state index contributed by atoms with van der Waals surface area (Å²) in [5, 5.41) is 5.49. The van der Waals surface area contributed by atoms with Crippen molar-refractivity contribution in [3.63, 3.8) is 0 Å². The summed E-state index contributed by atoms with van der Waals surface area (Å²) in [6, 6.07) is 11.8. The van der Waals surface area contributed by atoms with Gasteiger partial charge in [0.15, 0.2) is 5.06 Å². The van der Waals surface area contributed by atoms with Crippen molar-refractivity contribution < 1.29 is 37.4 Å². The second kappa shape index (κ2) is 12.8. The molecule has 2 amide bonds. The summed E-state index contributed by atoms with van der Waals surface area (Å²) in [6.45, 7) is 7.07. The van der Waals surface area contributed by atoms with E-state index in [-0.39, 0.29) is 23.3 Å². The van der Waals surface area contributed by atoms with E-state index in [1.807, 2.05) is 30.3 Å². The van der Waals surface area contributed by atoms with Gasteiger partial charge in [-0.2, -0.15) is 0 Å². The standard InChI is InChI=1S/C30H32F2N2O6S/c1-17(33-29(37)40-30(2,3)4)26(36)34-27-23(25(35)24-21(31)11-8-12-22(24)32)20-14-13-19(16-39-28(20)41-27)38-15-18-9-6-5-7-10-18/h5-12,17,19H,13-16H2,1-4H3,(H,33,37)(H,34,36)/t17-,19?/m0/s1. The summed E-state index contributed by atoms with van der Waals surface area (Å²) in [4.78, 5) is 38.8. The fourth-order valence-corrected chi connectivity index (χ4v) is 5.31. The highest BCUT2D eigenvalue weighted by Gasteiger charge is 2.33. The lowest BCUT2D eigenvalue weighted by atomic mass is 9.97. The first-order valence-corrected chi connectivity index (χ1v) is 14.0. The maximum absolute atomic E-state index is 14.7. The van der Waals surface area contributed by atoms with Crippen molar-refractivity contribution in [3.8, 4) is 5.06 Å². The van der Waals surface area contributed by atoms with E-state index in [1.54, 1.807) is 20.8 Å². The van der Waals surface area contributed by atoms with Crippen molar-refractivity contribution in [1.29, 1.82) is 0 Å². The molecule has 4 rings (SSSR count). The van der Waals surface area contributed by atoms with Crippen LogP contribution in [0.1, 0.15) is 61.2 Å². The Bertz CT molecular complexity index is 1400. The Balaban J connectivity index is 1.58. The highest BCUT2D eigenvalue weighted by atomic mass is 32.1. The van der Waals surface area contributed by atoms with Gasteiger partial charge in [0.05, 0.1) is 23.8 Å². The number of benzene rings is 2. The van der Waals surface area contributed by atoms with E-state index in [1.165, 1.54) is 13.0 Å². The molecule has 2 heterocycles. The molecule has 2 atom stereocenters. The Hall–Kier alpha value is -3.83. The summed E-state index contributed by atoms with van der Waals surface area (Å²) in [7, 11) is 0. The number of halogens is 2. The third kappa shape index (κ3) is 7.68. The third-order valence-electron chi connectivity index (χ3n) is 6.20. The van der Waals surface area contributed by atoms with Gasteiger partial charge < -0.3 is 24.8 Å². The van der Waals surface area contributed by atoms with E-state index in [2.05, 4.69) is 10.6 Å². The summed E-state index contributed by atoms with van der Waals surface area (Å²) in [5.74, 6) is -3.62. The summed E-state index contributed by atoms with van der Waals surface area (Å²) >= 11 is 0.982. The zero-order chi connectivity index (χ0) is 29.7. The molecule has 0 saturated heterocycles. The molecular formula is C30H32F2N2O6S. The van der Waals surface area contributed by atoms with Crippen molar-refractivity contribution in [2.24, 2.45) is 0 Å². The van der Waals surface area contributed by atoms with Crippen LogP contribution in [0.5, 0.6) is 5.06 Å². The van der Waals surface area contributed by atoms with Crippen LogP contribution in [-0.2, 0) is 27.3 Å². The summed E-state index contributed by atoms with van der Waals surface area (Å²) in [5.41, 5.74) is -0.136. The van der Waals surface area contributed by atoms with Crippen molar-refractivity contribution in [2.45, 2.75) is 64.9 Å². The van der Waals surface area contributed by atoms with Crippen LogP contribution in [0.3, 0.4) is 0 Å². The van der Waals surface area contributed by atoms with E-state index >= 15 is 0 Å². The number of ether oxygens (including phenoxy) is 3. The Morgan fingerprint density at radius 2 is 1.73 bits per heavy atom. The molecule has 0 radical (unpaired) electrons. The molecule has 2 aromatic carbocycles. The molecule has 0 aliphatic carbocycles. The lowest BCUT2D eigenvalue weighted by Gasteiger charge is -2.21. The minimum absolute atomic E-state index is 0.0597. The topological polar surface area (TPSA) is 103 Å². The number of rotatable bonds is 8. The zero-order valence-electron chi connectivity index (χ0n) is 23.2. The molecule has 1 unspecified atom stereocenters. The van der Waals surface area contributed by atoms with Gasteiger partial charge in [-0.1, -0.05) is 47.7 Å². The smallest absolute Gasteiger partial charge is 0.408 e. The number of hydrogen-bond acceptors (Lipinski definition) is 7. The molecule has 8 nitrogen and oxygen atoms in total. The predicted octanol–water partition coefficient (Wildman–Crippen LogP) is 6.02. The molecular weight excluding hydrogens is 554 g/mol. The molecule has 3 aromatic rings. The van der Waals surface area contributed by atoms with Crippen molar-refractivity contribution in [1.82, 2.24) is 5.32 Å². The quantitative estimate of drug-likeness (QED) is 0.313. The Kier molecular flexibility index (Phi) is 9.39. The third-order valence-corrected chi connectivity index (χ3v) is 7.26. The molecule has 218 valence electrons. The number of alkyl carbamates (subject to hydrolysis) is 1. The maximum atomic E-state index is 14.7. The number of anilines is 1. The lowest BCUT2D eigenvalue weighted by molar-refractivity contribution is -0.117. The fourth-order valence-electron chi connectivity index (χ4n) is 4.20. The van der Waals surface area contributed by atoms with Crippen LogP contribution in [0.2, 0.25) is 0 Å². The number of amides is 2. The molecule has 0 spiro atoms. The number of carbonyl (C=O) groups is 3. The van der Waals surface area contributed by atoms with Gasteiger partial charge in [0.2, 0.25) is 11.7 Å². The van der Waals surface area contributed by atoms with Gasteiger partial charge in [0.25, 0.3) is 0 Å². The predicted molar refractivity (Wildman–Crippen MR) is 150 cm³/mol. The van der Waals surface area contributed by atoms with Crippen molar-refractivity contribution in [2.75, 3.05) is 11.9 Å². The number of hydrogen-bond donors (Lipinski definition) is 2. The van der Waals surface area contributed by atoms with Crippen LogP contribution >= 0.6 is 11.3 Å². The van der Waals surface area contributed by atoms with Crippen LogP contribution in [0.4, 0.5) is 18.6 Å². The molecule has 1 aliphatic rings. The second-order valence-electron chi connectivity index (χ2n) is 10.6. The number of carbonyl (C=O) groups excluding carboxylic acids is 3. The molecule has 41 heavy (non-hydrogen) atoms. The van der Waals surface area contributed by atoms with E-state index in [0.29, 0.717) is 30.1 Å². The highest BCUT2D eigenvalue weighted by molar-refractivity contribution is 7.18. The fraction of sp³-hybridized carbons (Fsp3) is 0.367. The van der Waals surface area contributed by atoms with E-state index in [0.717, 1.165) is 29.0 Å². The van der Waals surface area contributed by atoms with Gasteiger partial charge in [0, 0.05) is 5.56 Å². The Labute approximate surface area is 241 Å². The van der Waals surface area contributed by atoms with Crippen LogP contribution in [0, 0.1) is 11.6 Å². The monoisotopic (exact) mass is 586 g/mol. The molecule has 0 fully saturated rings. The molecule has 1 aliphatic heterocycles. The van der Waals surface area contributed by atoms with E-state index < -0.39 is 46.6 Å². The van der Waals surface area contributed by atoms with Crippen molar-refractivity contribution in [3.05, 3.63) is 82.4 Å². The van der Waals surface area contributed by atoms with Gasteiger partial charge in [0.1, 0.15) is 34.9 Å². The van der Waals surface area contributed by atoms with Crippen LogP contribution in [0.25, 0.3) is 0 Å². The van der Waals surface area contributed by atoms with Crippen LogP contribution in [-0.4, -0.2) is 42.1 Å².